The third-order valence-electron chi connectivity index (χ3n) is 6.92. The van der Waals surface area contributed by atoms with Crippen LogP contribution in [0.1, 0.15) is 60.4 Å². The van der Waals surface area contributed by atoms with Crippen LogP contribution in [0.5, 0.6) is 0 Å². The number of hydrogen-bond donors (Lipinski definition) is 2. The van der Waals surface area contributed by atoms with Gasteiger partial charge in [-0.3, -0.25) is 9.79 Å². The third kappa shape index (κ3) is 5.66. The highest BCUT2D eigenvalue weighted by atomic mass is 16.2. The van der Waals surface area contributed by atoms with Gasteiger partial charge in [-0.05, 0) is 55.2 Å². The maximum Gasteiger partial charge on any atom is 0.254 e. The summed E-state index contributed by atoms with van der Waals surface area (Å²) in [5, 5.41) is 0. The summed E-state index contributed by atoms with van der Waals surface area (Å²) in [5.74, 6) is 2.09. The van der Waals surface area contributed by atoms with Crippen LogP contribution < -0.4 is 11.5 Å². The molecule has 2 aromatic carbocycles. The lowest BCUT2D eigenvalue weighted by molar-refractivity contribution is 0.0685. The van der Waals surface area contributed by atoms with Gasteiger partial charge in [0.25, 0.3) is 5.91 Å². The number of aliphatic imine (C=N–C) groups is 1. The normalized spacial score (nSPS) is 24.9. The van der Waals surface area contributed by atoms with Crippen molar-refractivity contribution in [1.29, 1.82) is 0 Å². The summed E-state index contributed by atoms with van der Waals surface area (Å²) < 4.78 is 0. The number of rotatable bonds is 8. The third-order valence-corrected chi connectivity index (χ3v) is 6.92. The molecule has 0 spiro atoms. The lowest BCUT2D eigenvalue weighted by Gasteiger charge is -2.33. The van der Waals surface area contributed by atoms with E-state index in [-0.39, 0.29) is 11.9 Å². The van der Waals surface area contributed by atoms with E-state index < -0.39 is 0 Å². The zero-order valence-electron chi connectivity index (χ0n) is 18.2. The van der Waals surface area contributed by atoms with Crippen molar-refractivity contribution in [2.24, 2.45) is 28.3 Å². The summed E-state index contributed by atoms with van der Waals surface area (Å²) in [4.78, 5) is 19.7. The molecular formula is C26H34N4O. The molecule has 4 N–H and O–H groups in total. The van der Waals surface area contributed by atoms with Gasteiger partial charge in [0.2, 0.25) is 0 Å². The number of nitrogens with zero attached hydrogens (tertiary/aromatic N) is 2. The lowest BCUT2D eigenvalue weighted by atomic mass is 9.80. The lowest BCUT2D eigenvalue weighted by Crippen LogP contribution is -2.39. The predicted molar refractivity (Wildman–Crippen MR) is 126 cm³/mol. The highest BCUT2D eigenvalue weighted by Gasteiger charge is 2.45. The minimum absolute atomic E-state index is 0.180. The van der Waals surface area contributed by atoms with E-state index in [9.17, 15) is 4.79 Å². The van der Waals surface area contributed by atoms with E-state index in [1.54, 1.807) is 0 Å². The van der Waals surface area contributed by atoms with Gasteiger partial charge in [-0.1, -0.05) is 61.4 Å². The molecule has 2 aliphatic carbocycles. The molecule has 2 aliphatic rings. The Kier molecular flexibility index (Phi) is 6.90. The Bertz CT molecular complexity index is 871. The molecule has 2 atom stereocenters. The predicted octanol–water partition coefficient (Wildman–Crippen LogP) is 4.15. The Hall–Kier alpha value is -2.82. The van der Waals surface area contributed by atoms with Crippen molar-refractivity contribution in [3.8, 4) is 0 Å². The quantitative estimate of drug-likeness (QED) is 0.499. The molecule has 2 saturated carbocycles. The number of nitrogens with two attached hydrogens (primary N) is 2. The molecule has 4 rings (SSSR count). The first-order valence-corrected chi connectivity index (χ1v) is 11.6. The fourth-order valence-electron chi connectivity index (χ4n) is 5.06. The monoisotopic (exact) mass is 418 g/mol. The van der Waals surface area contributed by atoms with Crippen molar-refractivity contribution in [1.82, 2.24) is 4.90 Å². The van der Waals surface area contributed by atoms with Gasteiger partial charge in [0, 0.05) is 30.6 Å². The van der Waals surface area contributed by atoms with E-state index in [4.69, 9.17) is 11.5 Å². The second-order valence-corrected chi connectivity index (χ2v) is 9.13. The largest absolute Gasteiger partial charge is 0.370 e. The van der Waals surface area contributed by atoms with Gasteiger partial charge in [-0.25, -0.2) is 0 Å². The molecule has 0 aromatic heterocycles. The Morgan fingerprint density at radius 3 is 2.16 bits per heavy atom. The summed E-state index contributed by atoms with van der Waals surface area (Å²) >= 11 is 0. The molecule has 31 heavy (non-hydrogen) atoms. The van der Waals surface area contributed by atoms with Crippen molar-refractivity contribution in [2.45, 2.75) is 50.5 Å². The summed E-state index contributed by atoms with van der Waals surface area (Å²) in [6.45, 7) is 1.58. The first-order chi connectivity index (χ1) is 15.1. The van der Waals surface area contributed by atoms with Gasteiger partial charge < -0.3 is 16.4 Å². The standard InChI is InChI=1S/C26H34N4O/c27-26(28)29-16-15-19-11-13-20(14-12-19)18-30(25(31)22-9-5-2-6-10-22)24-17-23(24)21-7-3-1-4-8-21/h1-10,19-20,23-24H,11-18H2,(H4,27,28,29). The number of carbonyl (C=O) groups is 1. The van der Waals surface area contributed by atoms with Crippen LogP contribution in [0.2, 0.25) is 0 Å². The molecule has 0 saturated heterocycles. The average molecular weight is 419 g/mol. The molecule has 5 nitrogen and oxygen atoms in total. The number of hydrogen-bond acceptors (Lipinski definition) is 2. The summed E-state index contributed by atoms with van der Waals surface area (Å²) in [7, 11) is 0. The molecule has 1 amide bonds. The van der Waals surface area contributed by atoms with E-state index in [2.05, 4.69) is 40.2 Å². The van der Waals surface area contributed by atoms with Gasteiger partial charge in [0.1, 0.15) is 0 Å². The zero-order valence-corrected chi connectivity index (χ0v) is 18.2. The minimum Gasteiger partial charge on any atom is -0.370 e. The summed E-state index contributed by atoms with van der Waals surface area (Å²) in [5.41, 5.74) is 13.0. The number of carbonyl (C=O) groups excluding carboxylic acids is 1. The zero-order chi connectivity index (χ0) is 21.6. The highest BCUT2D eigenvalue weighted by Crippen LogP contribution is 2.46. The van der Waals surface area contributed by atoms with Gasteiger partial charge in [0.05, 0.1) is 0 Å². The first kappa shape index (κ1) is 21.4. The van der Waals surface area contributed by atoms with Crippen LogP contribution in [0.15, 0.2) is 65.7 Å². The second kappa shape index (κ2) is 9.99. The molecule has 2 fully saturated rings. The Morgan fingerprint density at radius 2 is 1.52 bits per heavy atom. The van der Waals surface area contributed by atoms with Crippen molar-refractivity contribution < 1.29 is 4.79 Å². The molecule has 0 radical (unpaired) electrons. The maximum absolute atomic E-state index is 13.4. The van der Waals surface area contributed by atoms with Crippen molar-refractivity contribution in [3.05, 3.63) is 71.8 Å². The van der Waals surface area contributed by atoms with Crippen molar-refractivity contribution >= 4 is 11.9 Å². The van der Waals surface area contributed by atoms with Crippen LogP contribution in [0, 0.1) is 11.8 Å². The van der Waals surface area contributed by atoms with Crippen LogP contribution in [0.3, 0.4) is 0 Å². The van der Waals surface area contributed by atoms with Crippen LogP contribution in [-0.4, -0.2) is 35.9 Å². The summed E-state index contributed by atoms with van der Waals surface area (Å²) in [6.07, 6.45) is 6.86. The van der Waals surface area contributed by atoms with E-state index in [0.29, 0.717) is 23.8 Å². The van der Waals surface area contributed by atoms with Gasteiger partial charge >= 0.3 is 0 Å². The SMILES string of the molecule is NC(N)=NCCC1CCC(CN(C(=O)c2ccccc2)C2CC2c2ccccc2)CC1. The molecule has 5 heteroatoms. The number of benzene rings is 2. The van der Waals surface area contributed by atoms with Gasteiger partial charge in [-0.2, -0.15) is 0 Å². The fraction of sp³-hybridized carbons (Fsp3) is 0.462. The molecule has 164 valence electrons. The molecule has 0 aliphatic heterocycles. The van der Waals surface area contributed by atoms with Crippen molar-refractivity contribution in [2.75, 3.05) is 13.1 Å². The van der Waals surface area contributed by atoms with Gasteiger partial charge in [-0.15, -0.1) is 0 Å². The Labute approximate surface area is 185 Å². The Balaban J connectivity index is 1.39. The van der Waals surface area contributed by atoms with E-state index in [1.165, 1.54) is 31.2 Å². The fourth-order valence-corrected chi connectivity index (χ4v) is 5.06. The second-order valence-electron chi connectivity index (χ2n) is 9.13. The van der Waals surface area contributed by atoms with Crippen LogP contribution in [0.4, 0.5) is 0 Å². The molecule has 0 bridgehead atoms. The molecule has 0 heterocycles. The van der Waals surface area contributed by atoms with E-state index in [1.807, 2.05) is 30.3 Å². The topological polar surface area (TPSA) is 84.7 Å². The highest BCUT2D eigenvalue weighted by molar-refractivity contribution is 5.94. The van der Waals surface area contributed by atoms with Crippen molar-refractivity contribution in [3.63, 3.8) is 0 Å². The van der Waals surface area contributed by atoms with E-state index in [0.717, 1.165) is 31.5 Å². The van der Waals surface area contributed by atoms with Crippen LogP contribution in [-0.2, 0) is 0 Å². The summed E-state index contributed by atoms with van der Waals surface area (Å²) in [6, 6.07) is 20.7. The van der Waals surface area contributed by atoms with Crippen LogP contribution in [0.25, 0.3) is 0 Å². The number of amides is 1. The number of guanidine groups is 1. The Morgan fingerprint density at radius 1 is 0.903 bits per heavy atom. The molecule has 2 aromatic rings. The van der Waals surface area contributed by atoms with Gasteiger partial charge in [0.15, 0.2) is 5.96 Å². The molecular weight excluding hydrogens is 384 g/mol. The maximum atomic E-state index is 13.4. The average Bonchev–Trinajstić information content (AvgIpc) is 3.60. The van der Waals surface area contributed by atoms with E-state index >= 15 is 0 Å². The first-order valence-electron chi connectivity index (χ1n) is 11.6. The molecule has 2 unspecified atom stereocenters. The smallest absolute Gasteiger partial charge is 0.254 e. The minimum atomic E-state index is 0.180. The van der Waals surface area contributed by atoms with Crippen LogP contribution >= 0.6 is 0 Å².